The van der Waals surface area contributed by atoms with Crippen molar-refractivity contribution >= 4 is 11.9 Å². The van der Waals surface area contributed by atoms with Crippen LogP contribution in [0, 0.1) is 0 Å². The minimum atomic E-state index is -0.165. The summed E-state index contributed by atoms with van der Waals surface area (Å²) in [5.41, 5.74) is 6.72. The first-order valence-corrected chi connectivity index (χ1v) is 7.95. The van der Waals surface area contributed by atoms with E-state index in [1.807, 2.05) is 30.3 Å². The number of ether oxygens (including phenoxy) is 1. The highest BCUT2D eigenvalue weighted by molar-refractivity contribution is 5.77. The summed E-state index contributed by atoms with van der Waals surface area (Å²) in [5.74, 6) is 0.321. The third kappa shape index (κ3) is 9.00. The van der Waals surface area contributed by atoms with Gasteiger partial charge in [-0.25, -0.2) is 0 Å². The third-order valence-electron chi connectivity index (χ3n) is 3.15. The third-order valence-corrected chi connectivity index (χ3v) is 3.15. The molecule has 122 valence electrons. The Kier molecular flexibility index (Phi) is 9.50. The van der Waals surface area contributed by atoms with Gasteiger partial charge in [-0.15, -0.1) is 0 Å². The van der Waals surface area contributed by atoms with Crippen LogP contribution in [0.1, 0.15) is 44.6 Å². The Bertz CT molecular complexity index is 446. The van der Waals surface area contributed by atoms with Crippen molar-refractivity contribution < 1.29 is 9.53 Å². The van der Waals surface area contributed by atoms with Crippen molar-refractivity contribution in [1.82, 2.24) is 5.32 Å². The number of benzene rings is 1. The molecule has 0 radical (unpaired) electrons. The predicted molar refractivity (Wildman–Crippen MR) is 89.5 cm³/mol. The quantitative estimate of drug-likeness (QED) is 0.301. The van der Waals surface area contributed by atoms with Gasteiger partial charge >= 0.3 is 5.97 Å². The van der Waals surface area contributed by atoms with Crippen molar-refractivity contribution in [1.29, 1.82) is 0 Å². The maximum Gasteiger partial charge on any atom is 0.306 e. The Labute approximate surface area is 133 Å². The molecule has 0 heterocycles. The minimum absolute atomic E-state index is 0.165. The average molecular weight is 305 g/mol. The van der Waals surface area contributed by atoms with Crippen molar-refractivity contribution in [3.05, 3.63) is 35.9 Å². The fourth-order valence-electron chi connectivity index (χ4n) is 1.84. The Hall–Kier alpha value is -2.04. The van der Waals surface area contributed by atoms with Gasteiger partial charge in [-0.1, -0.05) is 43.7 Å². The highest BCUT2D eigenvalue weighted by Crippen LogP contribution is 2.04. The van der Waals surface area contributed by atoms with E-state index < -0.39 is 0 Å². The van der Waals surface area contributed by atoms with E-state index in [4.69, 9.17) is 10.5 Å². The molecule has 0 unspecified atom stereocenters. The molecule has 0 aliphatic heterocycles. The molecule has 1 rings (SSSR count). The first kappa shape index (κ1) is 18.0. The smallest absolute Gasteiger partial charge is 0.306 e. The first-order chi connectivity index (χ1) is 10.7. The van der Waals surface area contributed by atoms with E-state index in [1.54, 1.807) is 0 Å². The van der Waals surface area contributed by atoms with Crippen LogP contribution in [0.2, 0.25) is 0 Å². The number of unbranched alkanes of at least 4 members (excludes halogenated alkanes) is 2. The lowest BCUT2D eigenvalue weighted by Crippen LogP contribution is -2.32. The fourth-order valence-corrected chi connectivity index (χ4v) is 1.84. The Morgan fingerprint density at radius 1 is 1.23 bits per heavy atom. The molecule has 0 bridgehead atoms. The zero-order valence-electron chi connectivity index (χ0n) is 13.4. The summed E-state index contributed by atoms with van der Waals surface area (Å²) >= 11 is 0. The molecule has 0 amide bonds. The number of rotatable bonds is 10. The van der Waals surface area contributed by atoms with E-state index in [-0.39, 0.29) is 5.97 Å². The van der Waals surface area contributed by atoms with E-state index in [1.165, 1.54) is 0 Å². The molecule has 0 aliphatic carbocycles. The number of aliphatic imine (C=N–C) groups is 1. The SMILES string of the molecule is CCCCNC(N)=NCCCCC(=O)OCc1ccccc1. The van der Waals surface area contributed by atoms with Gasteiger partial charge in [0.15, 0.2) is 5.96 Å². The van der Waals surface area contributed by atoms with E-state index in [0.717, 1.165) is 37.8 Å². The summed E-state index contributed by atoms with van der Waals surface area (Å²) < 4.78 is 5.21. The molecule has 1 aromatic carbocycles. The predicted octanol–water partition coefficient (Wildman–Crippen LogP) is 2.60. The standard InChI is InChI=1S/C17H27N3O2/c1-2-3-12-19-17(18)20-13-8-7-11-16(21)22-14-15-9-5-4-6-10-15/h4-6,9-10H,2-3,7-8,11-14H2,1H3,(H3,18,19,20). The van der Waals surface area contributed by atoms with Crippen LogP contribution >= 0.6 is 0 Å². The maximum atomic E-state index is 11.6. The summed E-state index contributed by atoms with van der Waals surface area (Å²) in [6, 6.07) is 9.68. The number of esters is 1. The van der Waals surface area contributed by atoms with Gasteiger partial charge in [0.05, 0.1) is 0 Å². The number of carbonyl (C=O) groups is 1. The number of hydrogen-bond donors (Lipinski definition) is 2. The van der Waals surface area contributed by atoms with Gasteiger partial charge in [0.2, 0.25) is 0 Å². The first-order valence-electron chi connectivity index (χ1n) is 7.95. The van der Waals surface area contributed by atoms with Gasteiger partial charge in [0.25, 0.3) is 0 Å². The van der Waals surface area contributed by atoms with Gasteiger partial charge in [0.1, 0.15) is 6.61 Å². The zero-order chi connectivity index (χ0) is 16.0. The lowest BCUT2D eigenvalue weighted by atomic mass is 10.2. The summed E-state index contributed by atoms with van der Waals surface area (Å²) in [4.78, 5) is 15.8. The maximum absolute atomic E-state index is 11.6. The molecular weight excluding hydrogens is 278 g/mol. The number of carbonyl (C=O) groups excluding carboxylic acids is 1. The molecule has 0 fully saturated rings. The molecule has 5 nitrogen and oxygen atoms in total. The lowest BCUT2D eigenvalue weighted by Gasteiger charge is -2.05. The second kappa shape index (κ2) is 11.6. The molecule has 0 aromatic heterocycles. The number of nitrogens with one attached hydrogen (secondary N) is 1. The van der Waals surface area contributed by atoms with Gasteiger partial charge in [0, 0.05) is 19.5 Å². The molecule has 0 aliphatic rings. The normalized spacial score (nSPS) is 11.2. The van der Waals surface area contributed by atoms with Crippen LogP contribution in [0.3, 0.4) is 0 Å². The Morgan fingerprint density at radius 2 is 2.00 bits per heavy atom. The number of hydrogen-bond acceptors (Lipinski definition) is 3. The van der Waals surface area contributed by atoms with Gasteiger partial charge in [-0.3, -0.25) is 9.79 Å². The second-order valence-electron chi connectivity index (χ2n) is 5.15. The summed E-state index contributed by atoms with van der Waals surface area (Å²) in [5, 5.41) is 3.06. The Morgan fingerprint density at radius 3 is 2.73 bits per heavy atom. The van der Waals surface area contributed by atoms with Crippen molar-refractivity contribution in [3.8, 4) is 0 Å². The van der Waals surface area contributed by atoms with E-state index >= 15 is 0 Å². The molecule has 0 spiro atoms. The number of nitrogens with two attached hydrogens (primary N) is 1. The number of guanidine groups is 1. The molecule has 0 saturated heterocycles. The van der Waals surface area contributed by atoms with E-state index in [2.05, 4.69) is 17.2 Å². The van der Waals surface area contributed by atoms with Gasteiger partial charge in [-0.2, -0.15) is 0 Å². The molecule has 0 saturated carbocycles. The summed E-state index contributed by atoms with van der Waals surface area (Å²) in [6.07, 6.45) is 4.23. The highest BCUT2D eigenvalue weighted by atomic mass is 16.5. The average Bonchev–Trinajstić information content (AvgIpc) is 2.54. The monoisotopic (exact) mass is 305 g/mol. The van der Waals surface area contributed by atoms with Crippen molar-refractivity contribution in [2.45, 2.75) is 45.6 Å². The van der Waals surface area contributed by atoms with Crippen molar-refractivity contribution in [2.75, 3.05) is 13.1 Å². The van der Waals surface area contributed by atoms with Crippen LogP contribution in [0.25, 0.3) is 0 Å². The van der Waals surface area contributed by atoms with E-state index in [9.17, 15) is 4.79 Å². The van der Waals surface area contributed by atoms with Gasteiger partial charge < -0.3 is 15.8 Å². The molecule has 3 N–H and O–H groups in total. The minimum Gasteiger partial charge on any atom is -0.461 e. The highest BCUT2D eigenvalue weighted by Gasteiger charge is 2.03. The van der Waals surface area contributed by atoms with Crippen molar-refractivity contribution in [2.24, 2.45) is 10.7 Å². The lowest BCUT2D eigenvalue weighted by molar-refractivity contribution is -0.145. The van der Waals surface area contributed by atoms with Crippen LogP contribution in [0.5, 0.6) is 0 Å². The topological polar surface area (TPSA) is 76.7 Å². The summed E-state index contributed by atoms with van der Waals surface area (Å²) in [6.45, 7) is 3.96. The molecule has 5 heteroatoms. The molecule has 1 aromatic rings. The van der Waals surface area contributed by atoms with Crippen LogP contribution in [-0.4, -0.2) is 25.0 Å². The van der Waals surface area contributed by atoms with Crippen molar-refractivity contribution in [3.63, 3.8) is 0 Å². The van der Waals surface area contributed by atoms with Gasteiger partial charge in [-0.05, 0) is 24.8 Å². The Balaban J connectivity index is 2.04. The van der Waals surface area contributed by atoms with Crippen LogP contribution in [-0.2, 0) is 16.1 Å². The zero-order valence-corrected chi connectivity index (χ0v) is 13.4. The molecule has 0 atom stereocenters. The van der Waals surface area contributed by atoms with E-state index in [0.29, 0.717) is 25.5 Å². The number of nitrogens with zero attached hydrogens (tertiary/aromatic N) is 1. The molecular formula is C17H27N3O2. The van der Waals surface area contributed by atoms with Crippen LogP contribution in [0.15, 0.2) is 35.3 Å². The fraction of sp³-hybridized carbons (Fsp3) is 0.529. The van der Waals surface area contributed by atoms with Crippen LogP contribution < -0.4 is 11.1 Å². The molecule has 22 heavy (non-hydrogen) atoms. The largest absolute Gasteiger partial charge is 0.461 e. The summed E-state index contributed by atoms with van der Waals surface area (Å²) in [7, 11) is 0. The second-order valence-corrected chi connectivity index (χ2v) is 5.15. The van der Waals surface area contributed by atoms with Crippen LogP contribution in [0.4, 0.5) is 0 Å².